The summed E-state index contributed by atoms with van der Waals surface area (Å²) in [5, 5.41) is 3.23. The van der Waals surface area contributed by atoms with Crippen molar-refractivity contribution >= 4 is 18.4 Å². The smallest absolute Gasteiger partial charge is 0.194 e. The second kappa shape index (κ2) is 4.29. The van der Waals surface area contributed by atoms with Gasteiger partial charge in [0.1, 0.15) is 5.82 Å². The Morgan fingerprint density at radius 1 is 1.31 bits per heavy atom. The molecule has 1 saturated heterocycles. The second-order valence-corrected chi connectivity index (χ2v) is 3.85. The molecule has 0 aromatic heterocycles. The number of nitrogens with zero attached hydrogens (tertiary/aromatic N) is 2. The molecule has 1 atom stereocenters. The average Bonchev–Trinajstić information content (AvgIpc) is 2.80. The lowest BCUT2D eigenvalue weighted by molar-refractivity contribution is 0.381. The molecule has 3 rings (SSSR count). The molecule has 1 aromatic carbocycles. The summed E-state index contributed by atoms with van der Waals surface area (Å²) < 4.78 is 12.8. The van der Waals surface area contributed by atoms with Gasteiger partial charge in [0.15, 0.2) is 5.96 Å². The van der Waals surface area contributed by atoms with E-state index >= 15 is 0 Å². The van der Waals surface area contributed by atoms with Gasteiger partial charge in [0.05, 0.1) is 12.6 Å². The van der Waals surface area contributed by atoms with Gasteiger partial charge < -0.3 is 10.2 Å². The van der Waals surface area contributed by atoms with Crippen molar-refractivity contribution in [3.8, 4) is 0 Å². The third kappa shape index (κ3) is 1.73. The number of guanidine groups is 1. The van der Waals surface area contributed by atoms with Crippen LogP contribution >= 0.6 is 12.4 Å². The molecule has 0 aliphatic carbocycles. The SMILES string of the molecule is Cl.Fc1ccc(C2CN=C3NCCN32)cc1. The molecule has 86 valence electrons. The molecule has 3 nitrogen and oxygen atoms in total. The zero-order valence-corrected chi connectivity index (χ0v) is 9.51. The predicted octanol–water partition coefficient (Wildman–Crippen LogP) is 1.56. The molecule has 1 fully saturated rings. The fraction of sp³-hybridized carbons (Fsp3) is 0.364. The van der Waals surface area contributed by atoms with Crippen LogP contribution in [-0.2, 0) is 0 Å². The highest BCUT2D eigenvalue weighted by molar-refractivity contribution is 5.85. The maximum Gasteiger partial charge on any atom is 0.194 e. The summed E-state index contributed by atoms with van der Waals surface area (Å²) in [6, 6.07) is 7.00. The lowest BCUT2D eigenvalue weighted by atomic mass is 10.1. The van der Waals surface area contributed by atoms with Gasteiger partial charge in [0.25, 0.3) is 0 Å². The minimum atomic E-state index is -0.183. The standard InChI is InChI=1S/C11H12FN3.ClH/c12-9-3-1-8(2-4-9)10-7-14-11-13-5-6-15(10)11;/h1-4,10H,5-7H2,(H,13,14);1H. The maximum atomic E-state index is 12.8. The van der Waals surface area contributed by atoms with Crippen molar-refractivity contribution in [3.05, 3.63) is 35.6 Å². The van der Waals surface area contributed by atoms with E-state index in [1.807, 2.05) is 12.1 Å². The van der Waals surface area contributed by atoms with E-state index in [1.54, 1.807) is 0 Å². The summed E-state index contributed by atoms with van der Waals surface area (Å²) in [7, 11) is 0. The zero-order chi connectivity index (χ0) is 10.3. The fourth-order valence-electron chi connectivity index (χ4n) is 2.19. The number of hydrogen-bond donors (Lipinski definition) is 1. The summed E-state index contributed by atoms with van der Waals surface area (Å²) in [5.41, 5.74) is 1.14. The molecule has 0 bridgehead atoms. The topological polar surface area (TPSA) is 27.6 Å². The Bertz CT molecular complexity index is 404. The number of halogens is 2. The zero-order valence-electron chi connectivity index (χ0n) is 8.69. The number of hydrogen-bond acceptors (Lipinski definition) is 3. The molecular formula is C11H13ClFN3. The van der Waals surface area contributed by atoms with Crippen LogP contribution in [0.15, 0.2) is 29.3 Å². The van der Waals surface area contributed by atoms with Crippen LogP contribution < -0.4 is 5.32 Å². The van der Waals surface area contributed by atoms with Crippen molar-refractivity contribution in [3.63, 3.8) is 0 Å². The van der Waals surface area contributed by atoms with Gasteiger partial charge in [-0.25, -0.2) is 4.39 Å². The van der Waals surface area contributed by atoms with Crippen LogP contribution in [0.25, 0.3) is 0 Å². The number of benzene rings is 1. The van der Waals surface area contributed by atoms with Gasteiger partial charge in [-0.1, -0.05) is 12.1 Å². The van der Waals surface area contributed by atoms with E-state index < -0.39 is 0 Å². The van der Waals surface area contributed by atoms with Gasteiger partial charge in [-0.15, -0.1) is 12.4 Å². The molecule has 0 amide bonds. The first-order valence-corrected chi connectivity index (χ1v) is 5.15. The molecule has 2 heterocycles. The first-order chi connectivity index (χ1) is 7.34. The number of fused-ring (bicyclic) bond motifs is 1. The van der Waals surface area contributed by atoms with Crippen LogP contribution in [-0.4, -0.2) is 30.5 Å². The van der Waals surface area contributed by atoms with Crippen molar-refractivity contribution in [2.45, 2.75) is 6.04 Å². The lowest BCUT2D eigenvalue weighted by Gasteiger charge is -2.21. The summed E-state index contributed by atoms with van der Waals surface area (Å²) in [6.07, 6.45) is 0. The molecule has 16 heavy (non-hydrogen) atoms. The Morgan fingerprint density at radius 2 is 2.06 bits per heavy atom. The molecule has 5 heteroatoms. The first kappa shape index (κ1) is 11.2. The molecule has 1 aromatic rings. The monoisotopic (exact) mass is 241 g/mol. The summed E-state index contributed by atoms with van der Waals surface area (Å²) >= 11 is 0. The Kier molecular flexibility index (Phi) is 3.01. The molecular weight excluding hydrogens is 229 g/mol. The van der Waals surface area contributed by atoms with E-state index in [1.165, 1.54) is 12.1 Å². The fourth-order valence-corrected chi connectivity index (χ4v) is 2.19. The van der Waals surface area contributed by atoms with Crippen LogP contribution in [0.1, 0.15) is 11.6 Å². The lowest BCUT2D eigenvalue weighted by Crippen LogP contribution is -2.28. The Balaban J connectivity index is 0.000000963. The highest BCUT2D eigenvalue weighted by Gasteiger charge is 2.31. The van der Waals surface area contributed by atoms with E-state index in [0.717, 1.165) is 31.2 Å². The van der Waals surface area contributed by atoms with Gasteiger partial charge >= 0.3 is 0 Å². The minimum absolute atomic E-state index is 0. The van der Waals surface area contributed by atoms with E-state index in [-0.39, 0.29) is 24.3 Å². The van der Waals surface area contributed by atoms with Crippen molar-refractivity contribution in [2.24, 2.45) is 4.99 Å². The molecule has 1 N–H and O–H groups in total. The van der Waals surface area contributed by atoms with E-state index in [4.69, 9.17) is 0 Å². The van der Waals surface area contributed by atoms with Crippen molar-refractivity contribution in [1.29, 1.82) is 0 Å². The van der Waals surface area contributed by atoms with Gasteiger partial charge in [0.2, 0.25) is 0 Å². The summed E-state index contributed by atoms with van der Waals surface area (Å²) in [6.45, 7) is 2.71. The molecule has 2 aliphatic heterocycles. The third-order valence-corrected chi connectivity index (χ3v) is 2.95. The van der Waals surface area contributed by atoms with Crippen molar-refractivity contribution < 1.29 is 4.39 Å². The normalized spacial score (nSPS) is 22.2. The van der Waals surface area contributed by atoms with Crippen LogP contribution in [0.5, 0.6) is 0 Å². The predicted molar refractivity (Wildman–Crippen MR) is 63.4 cm³/mol. The molecule has 1 unspecified atom stereocenters. The third-order valence-electron chi connectivity index (χ3n) is 2.95. The van der Waals surface area contributed by atoms with E-state index in [9.17, 15) is 4.39 Å². The quantitative estimate of drug-likeness (QED) is 0.808. The van der Waals surface area contributed by atoms with Gasteiger partial charge in [-0.2, -0.15) is 0 Å². The van der Waals surface area contributed by atoms with Crippen LogP contribution in [0, 0.1) is 5.82 Å². The van der Waals surface area contributed by atoms with E-state index in [2.05, 4.69) is 15.2 Å². The molecule has 2 aliphatic rings. The highest BCUT2D eigenvalue weighted by atomic mass is 35.5. The Labute approximate surface area is 99.8 Å². The van der Waals surface area contributed by atoms with Crippen molar-refractivity contribution in [1.82, 2.24) is 10.2 Å². The number of aliphatic imine (C=N–C) groups is 1. The largest absolute Gasteiger partial charge is 0.354 e. The number of nitrogens with one attached hydrogen (secondary N) is 1. The molecule has 0 saturated carbocycles. The Hall–Kier alpha value is -1.29. The Morgan fingerprint density at radius 3 is 2.81 bits per heavy atom. The molecule has 0 radical (unpaired) electrons. The number of rotatable bonds is 1. The molecule has 0 spiro atoms. The van der Waals surface area contributed by atoms with Gasteiger partial charge in [-0.3, -0.25) is 4.99 Å². The highest BCUT2D eigenvalue weighted by Crippen LogP contribution is 2.27. The minimum Gasteiger partial charge on any atom is -0.354 e. The first-order valence-electron chi connectivity index (χ1n) is 5.15. The van der Waals surface area contributed by atoms with Crippen molar-refractivity contribution in [2.75, 3.05) is 19.6 Å². The van der Waals surface area contributed by atoms with E-state index in [0.29, 0.717) is 0 Å². The van der Waals surface area contributed by atoms with Gasteiger partial charge in [-0.05, 0) is 17.7 Å². The summed E-state index contributed by atoms with van der Waals surface area (Å²) in [5.74, 6) is 0.807. The summed E-state index contributed by atoms with van der Waals surface area (Å²) in [4.78, 5) is 6.66. The van der Waals surface area contributed by atoms with Gasteiger partial charge in [0, 0.05) is 13.1 Å². The maximum absolute atomic E-state index is 12.8. The average molecular weight is 242 g/mol. The second-order valence-electron chi connectivity index (χ2n) is 3.85. The van der Waals surface area contributed by atoms with Crippen LogP contribution in [0.4, 0.5) is 4.39 Å². The van der Waals surface area contributed by atoms with Crippen LogP contribution in [0.3, 0.4) is 0 Å². The van der Waals surface area contributed by atoms with Crippen LogP contribution in [0.2, 0.25) is 0 Å².